The Morgan fingerprint density at radius 2 is 2.00 bits per heavy atom. The van der Waals surface area contributed by atoms with E-state index in [0.717, 1.165) is 0 Å². The number of hydrogen-bond donors (Lipinski definition) is 0. The Balaban J connectivity index is 2.43. The first kappa shape index (κ1) is 15.7. The molecule has 116 valence electrons. The number of amides is 1. The molecule has 2 aromatic rings. The van der Waals surface area contributed by atoms with Crippen LogP contribution in [0.5, 0.6) is 0 Å². The van der Waals surface area contributed by atoms with Crippen LogP contribution >= 0.6 is 0 Å². The second-order valence-corrected chi connectivity index (χ2v) is 5.84. The number of anilines is 1. The molecule has 1 heterocycles. The van der Waals surface area contributed by atoms with Crippen LogP contribution in [0.3, 0.4) is 0 Å². The summed E-state index contributed by atoms with van der Waals surface area (Å²) in [5, 5.41) is 12.1. The van der Waals surface area contributed by atoms with E-state index in [-0.39, 0.29) is 5.69 Å². The van der Waals surface area contributed by atoms with Gasteiger partial charge < -0.3 is 4.74 Å². The van der Waals surface area contributed by atoms with Gasteiger partial charge >= 0.3 is 6.09 Å². The Kier molecular flexibility index (Phi) is 3.99. The lowest BCUT2D eigenvalue weighted by Crippen LogP contribution is -2.34. The Bertz CT molecular complexity index is 737. The average Bonchev–Trinajstić information content (AvgIpc) is 2.43. The van der Waals surface area contributed by atoms with Crippen LogP contribution in [-0.4, -0.2) is 28.6 Å². The number of nitro benzene ring substituents is 1. The normalized spacial score (nSPS) is 11.3. The van der Waals surface area contributed by atoms with Gasteiger partial charge in [0.1, 0.15) is 11.4 Å². The maximum Gasteiger partial charge on any atom is 0.415 e. The molecule has 0 aliphatic rings. The number of rotatable bonds is 2. The van der Waals surface area contributed by atoms with Crippen molar-refractivity contribution in [3.05, 3.63) is 40.6 Å². The van der Waals surface area contributed by atoms with Gasteiger partial charge in [0.15, 0.2) is 0 Å². The van der Waals surface area contributed by atoms with Crippen molar-refractivity contribution >= 4 is 28.4 Å². The number of pyridine rings is 1. The topological polar surface area (TPSA) is 85.6 Å². The molecule has 0 saturated carbocycles. The molecule has 0 aliphatic carbocycles. The molecule has 2 rings (SSSR count). The minimum Gasteiger partial charge on any atom is -0.443 e. The van der Waals surface area contributed by atoms with Gasteiger partial charge in [0.2, 0.25) is 0 Å². The smallest absolute Gasteiger partial charge is 0.415 e. The molecule has 1 aromatic carbocycles. The number of hydrogen-bond acceptors (Lipinski definition) is 5. The maximum atomic E-state index is 12.1. The number of carbonyl (C=O) groups is 1. The first-order chi connectivity index (χ1) is 10.2. The molecule has 7 heteroatoms. The van der Waals surface area contributed by atoms with E-state index < -0.39 is 16.6 Å². The van der Waals surface area contributed by atoms with Gasteiger partial charge in [-0.3, -0.25) is 15.0 Å². The van der Waals surface area contributed by atoms with Gasteiger partial charge in [-0.2, -0.15) is 0 Å². The zero-order valence-electron chi connectivity index (χ0n) is 12.9. The average molecular weight is 303 g/mol. The number of nitrogens with zero attached hydrogens (tertiary/aromatic N) is 3. The minimum absolute atomic E-state index is 0.00966. The van der Waals surface area contributed by atoms with E-state index in [4.69, 9.17) is 4.74 Å². The van der Waals surface area contributed by atoms with Crippen LogP contribution in [0, 0.1) is 10.1 Å². The molecular weight excluding hydrogens is 286 g/mol. The quantitative estimate of drug-likeness (QED) is 0.626. The van der Waals surface area contributed by atoms with Crippen LogP contribution in [-0.2, 0) is 4.74 Å². The second kappa shape index (κ2) is 5.59. The summed E-state index contributed by atoms with van der Waals surface area (Å²) in [7, 11) is 1.55. The highest BCUT2D eigenvalue weighted by atomic mass is 16.6. The van der Waals surface area contributed by atoms with Crippen molar-refractivity contribution in [1.29, 1.82) is 0 Å². The molecular formula is C15H17N3O4. The zero-order chi connectivity index (χ0) is 16.5. The van der Waals surface area contributed by atoms with Crippen molar-refractivity contribution in [2.24, 2.45) is 0 Å². The van der Waals surface area contributed by atoms with Crippen molar-refractivity contribution < 1.29 is 14.5 Å². The Morgan fingerprint density at radius 3 is 2.59 bits per heavy atom. The lowest BCUT2D eigenvalue weighted by molar-refractivity contribution is -0.384. The SMILES string of the molecule is CN(C(=O)OC(C)(C)C)c1nccc2cc([N+](=O)[O-])ccc12. The number of ether oxygens (including phenoxy) is 1. The third-order valence-electron chi connectivity index (χ3n) is 2.92. The summed E-state index contributed by atoms with van der Waals surface area (Å²) in [6.45, 7) is 5.33. The first-order valence-corrected chi connectivity index (χ1v) is 6.69. The molecule has 0 aliphatic heterocycles. The lowest BCUT2D eigenvalue weighted by Gasteiger charge is -2.24. The largest absolute Gasteiger partial charge is 0.443 e. The minimum atomic E-state index is -0.616. The highest BCUT2D eigenvalue weighted by Gasteiger charge is 2.22. The molecule has 0 fully saturated rings. The van der Waals surface area contributed by atoms with E-state index in [9.17, 15) is 14.9 Å². The van der Waals surface area contributed by atoms with E-state index in [2.05, 4.69) is 4.98 Å². The first-order valence-electron chi connectivity index (χ1n) is 6.69. The van der Waals surface area contributed by atoms with Crippen LogP contribution < -0.4 is 4.90 Å². The van der Waals surface area contributed by atoms with Gasteiger partial charge in [0, 0.05) is 30.8 Å². The monoisotopic (exact) mass is 303 g/mol. The molecule has 22 heavy (non-hydrogen) atoms. The Morgan fingerprint density at radius 1 is 1.32 bits per heavy atom. The molecule has 0 N–H and O–H groups in total. The summed E-state index contributed by atoms with van der Waals surface area (Å²) >= 11 is 0. The predicted octanol–water partition coefficient (Wildman–Crippen LogP) is 3.51. The number of fused-ring (bicyclic) bond motifs is 1. The third-order valence-corrected chi connectivity index (χ3v) is 2.92. The van der Waals surface area contributed by atoms with Crippen molar-refractivity contribution in [3.63, 3.8) is 0 Å². The summed E-state index contributed by atoms with van der Waals surface area (Å²) in [4.78, 5) is 28.0. The summed E-state index contributed by atoms with van der Waals surface area (Å²) in [5.74, 6) is 0.390. The second-order valence-electron chi connectivity index (χ2n) is 5.84. The molecule has 0 bridgehead atoms. The van der Waals surface area contributed by atoms with Crippen LogP contribution in [0.15, 0.2) is 30.5 Å². The van der Waals surface area contributed by atoms with Crippen molar-refractivity contribution in [2.75, 3.05) is 11.9 Å². The van der Waals surface area contributed by atoms with Gasteiger partial charge in [-0.25, -0.2) is 9.78 Å². The summed E-state index contributed by atoms with van der Waals surface area (Å²) in [6.07, 6.45) is 0.966. The van der Waals surface area contributed by atoms with Crippen LogP contribution in [0.1, 0.15) is 20.8 Å². The molecule has 0 saturated heterocycles. The highest BCUT2D eigenvalue weighted by Crippen LogP contribution is 2.27. The zero-order valence-corrected chi connectivity index (χ0v) is 12.9. The number of aromatic nitrogens is 1. The lowest BCUT2D eigenvalue weighted by atomic mass is 10.1. The van der Waals surface area contributed by atoms with E-state index in [0.29, 0.717) is 16.6 Å². The van der Waals surface area contributed by atoms with Crippen molar-refractivity contribution in [1.82, 2.24) is 4.98 Å². The fourth-order valence-corrected chi connectivity index (χ4v) is 1.95. The number of nitro groups is 1. The number of benzene rings is 1. The van der Waals surface area contributed by atoms with E-state index in [1.54, 1.807) is 40.0 Å². The number of non-ortho nitro benzene ring substituents is 1. The summed E-state index contributed by atoms with van der Waals surface area (Å²) in [5.41, 5.74) is -0.626. The van der Waals surface area contributed by atoms with E-state index >= 15 is 0 Å². The molecule has 0 unspecified atom stereocenters. The summed E-state index contributed by atoms with van der Waals surface area (Å²) < 4.78 is 5.30. The van der Waals surface area contributed by atoms with Crippen molar-refractivity contribution in [2.45, 2.75) is 26.4 Å². The van der Waals surface area contributed by atoms with E-state index in [1.807, 2.05) is 0 Å². The fourth-order valence-electron chi connectivity index (χ4n) is 1.95. The molecule has 1 aromatic heterocycles. The van der Waals surface area contributed by atoms with Crippen LogP contribution in [0.4, 0.5) is 16.3 Å². The summed E-state index contributed by atoms with van der Waals surface area (Å²) in [6, 6.07) is 6.07. The molecule has 1 amide bonds. The molecule has 7 nitrogen and oxygen atoms in total. The van der Waals surface area contributed by atoms with Crippen LogP contribution in [0.2, 0.25) is 0 Å². The molecule has 0 radical (unpaired) electrons. The van der Waals surface area contributed by atoms with Gasteiger partial charge in [-0.15, -0.1) is 0 Å². The molecule has 0 spiro atoms. The number of carbonyl (C=O) groups excluding carboxylic acids is 1. The van der Waals surface area contributed by atoms with Gasteiger partial charge in [0.25, 0.3) is 5.69 Å². The van der Waals surface area contributed by atoms with E-state index in [1.165, 1.54) is 23.2 Å². The van der Waals surface area contributed by atoms with Crippen molar-refractivity contribution in [3.8, 4) is 0 Å². The highest BCUT2D eigenvalue weighted by molar-refractivity contribution is 6.00. The third kappa shape index (κ3) is 3.30. The van der Waals surface area contributed by atoms with Crippen LogP contribution in [0.25, 0.3) is 10.8 Å². The Labute approximate surface area is 127 Å². The van der Waals surface area contributed by atoms with Gasteiger partial charge in [-0.1, -0.05) is 0 Å². The van der Waals surface area contributed by atoms with Gasteiger partial charge in [-0.05, 0) is 38.3 Å². The standard InChI is InChI=1S/C15H17N3O4/c1-15(2,3)22-14(19)17(4)13-12-6-5-11(18(20)21)9-10(12)7-8-16-13/h5-9H,1-4H3. The predicted molar refractivity (Wildman–Crippen MR) is 83.0 cm³/mol. The molecule has 0 atom stereocenters. The fraction of sp³-hybridized carbons (Fsp3) is 0.333. The Hall–Kier alpha value is -2.70. The van der Waals surface area contributed by atoms with Gasteiger partial charge in [0.05, 0.1) is 4.92 Å². The maximum absolute atomic E-state index is 12.1.